The zero-order valence-electron chi connectivity index (χ0n) is 18.3. The van der Waals surface area contributed by atoms with Gasteiger partial charge in [0.15, 0.2) is 5.76 Å². The van der Waals surface area contributed by atoms with Crippen LogP contribution in [-0.4, -0.2) is 34.7 Å². The van der Waals surface area contributed by atoms with Gasteiger partial charge in [0.05, 0.1) is 18.4 Å². The Bertz CT molecular complexity index is 925. The van der Waals surface area contributed by atoms with Crippen molar-refractivity contribution in [3.05, 3.63) is 54.0 Å². The third-order valence-corrected chi connectivity index (χ3v) is 6.46. The number of benzene rings is 1. The Morgan fingerprint density at radius 3 is 2.29 bits per heavy atom. The van der Waals surface area contributed by atoms with Gasteiger partial charge in [-0.3, -0.25) is 14.4 Å². The highest BCUT2D eigenvalue weighted by atomic mass is 16.3. The van der Waals surface area contributed by atoms with Crippen molar-refractivity contribution in [2.75, 3.05) is 4.90 Å². The number of anilines is 1. The Labute approximate surface area is 183 Å². The van der Waals surface area contributed by atoms with Crippen LogP contribution in [-0.2, 0) is 9.59 Å². The second-order valence-electron chi connectivity index (χ2n) is 8.87. The monoisotopic (exact) mass is 422 g/mol. The number of carbonyl (C=O) groups excluding carboxylic acids is 3. The largest absolute Gasteiger partial charge is 0.459 e. The minimum atomic E-state index is -0.794. The van der Waals surface area contributed by atoms with Crippen molar-refractivity contribution in [2.45, 2.75) is 76.8 Å². The van der Waals surface area contributed by atoms with Gasteiger partial charge in [0, 0.05) is 6.04 Å². The normalized spacial score (nSPS) is 20.4. The van der Waals surface area contributed by atoms with Crippen molar-refractivity contribution in [3.8, 4) is 0 Å². The summed E-state index contributed by atoms with van der Waals surface area (Å²) >= 11 is 0. The lowest BCUT2D eigenvalue weighted by molar-refractivity contribution is -0.123. The molecular formula is C25H30N2O4. The van der Waals surface area contributed by atoms with Crippen molar-refractivity contribution in [1.29, 1.82) is 0 Å². The highest BCUT2D eigenvalue weighted by Crippen LogP contribution is 2.32. The number of amides is 3. The minimum absolute atomic E-state index is 0.00765. The molecule has 6 nitrogen and oxygen atoms in total. The summed E-state index contributed by atoms with van der Waals surface area (Å²) in [7, 11) is 0. The summed E-state index contributed by atoms with van der Waals surface area (Å²) in [6.45, 7) is 4.20. The van der Waals surface area contributed by atoms with Crippen LogP contribution in [0.1, 0.15) is 80.8 Å². The first-order valence-electron chi connectivity index (χ1n) is 11.3. The number of carbonyl (C=O) groups is 3. The summed E-state index contributed by atoms with van der Waals surface area (Å²) < 4.78 is 5.37. The minimum Gasteiger partial charge on any atom is -0.459 e. The molecule has 1 aliphatic carbocycles. The summed E-state index contributed by atoms with van der Waals surface area (Å²) in [5, 5.41) is 0. The van der Waals surface area contributed by atoms with Crippen LogP contribution in [0.2, 0.25) is 0 Å². The van der Waals surface area contributed by atoms with Crippen LogP contribution in [0.4, 0.5) is 5.69 Å². The zero-order chi connectivity index (χ0) is 22.0. The second-order valence-corrected chi connectivity index (χ2v) is 8.87. The van der Waals surface area contributed by atoms with Gasteiger partial charge in [-0.15, -0.1) is 0 Å². The second kappa shape index (κ2) is 9.08. The number of hydrogen-bond acceptors (Lipinski definition) is 4. The fourth-order valence-corrected chi connectivity index (χ4v) is 4.74. The first-order valence-corrected chi connectivity index (χ1v) is 11.3. The third kappa shape index (κ3) is 4.29. The smallest absolute Gasteiger partial charge is 0.290 e. The lowest BCUT2D eigenvalue weighted by atomic mass is 10.0. The summed E-state index contributed by atoms with van der Waals surface area (Å²) in [6, 6.07) is 9.97. The molecule has 2 heterocycles. The molecule has 31 heavy (non-hydrogen) atoms. The van der Waals surface area contributed by atoms with E-state index in [1.165, 1.54) is 11.2 Å². The van der Waals surface area contributed by atoms with Crippen LogP contribution in [0.5, 0.6) is 0 Å². The van der Waals surface area contributed by atoms with Gasteiger partial charge in [-0.2, -0.15) is 0 Å². The van der Waals surface area contributed by atoms with Gasteiger partial charge in [-0.1, -0.05) is 51.7 Å². The van der Waals surface area contributed by atoms with Gasteiger partial charge in [0.25, 0.3) is 11.8 Å². The molecule has 164 valence electrons. The molecule has 4 rings (SSSR count). The molecule has 1 aliphatic heterocycles. The van der Waals surface area contributed by atoms with Crippen LogP contribution in [0, 0.1) is 0 Å². The molecule has 2 aromatic rings. The Morgan fingerprint density at radius 1 is 1.03 bits per heavy atom. The fraction of sp³-hybridized carbons (Fsp3) is 0.480. The molecule has 0 bridgehead atoms. The lowest BCUT2D eigenvalue weighted by Gasteiger charge is -2.34. The molecule has 2 aliphatic rings. The van der Waals surface area contributed by atoms with Gasteiger partial charge < -0.3 is 9.32 Å². The van der Waals surface area contributed by atoms with E-state index in [0.29, 0.717) is 11.6 Å². The Morgan fingerprint density at radius 2 is 1.71 bits per heavy atom. The Hall–Kier alpha value is -2.89. The maximum Gasteiger partial charge on any atom is 0.290 e. The van der Waals surface area contributed by atoms with Gasteiger partial charge in [-0.05, 0) is 48.6 Å². The number of rotatable bonds is 5. The quantitative estimate of drug-likeness (QED) is 0.508. The number of nitrogens with zero attached hydrogens (tertiary/aromatic N) is 2. The van der Waals surface area contributed by atoms with E-state index in [2.05, 4.69) is 13.8 Å². The van der Waals surface area contributed by atoms with E-state index in [4.69, 9.17) is 4.42 Å². The van der Waals surface area contributed by atoms with Gasteiger partial charge >= 0.3 is 0 Å². The topological polar surface area (TPSA) is 70.8 Å². The van der Waals surface area contributed by atoms with Crippen LogP contribution < -0.4 is 4.90 Å². The molecule has 1 aromatic heterocycles. The molecule has 0 spiro atoms. The van der Waals surface area contributed by atoms with E-state index >= 15 is 0 Å². The van der Waals surface area contributed by atoms with Gasteiger partial charge in [0.1, 0.15) is 6.04 Å². The molecule has 0 radical (unpaired) electrons. The lowest BCUT2D eigenvalue weighted by Crippen LogP contribution is -2.50. The molecule has 1 aromatic carbocycles. The van der Waals surface area contributed by atoms with E-state index in [1.807, 2.05) is 24.3 Å². The van der Waals surface area contributed by atoms with Crippen LogP contribution in [0.25, 0.3) is 0 Å². The van der Waals surface area contributed by atoms with Crippen molar-refractivity contribution < 1.29 is 18.8 Å². The van der Waals surface area contributed by atoms with E-state index in [1.54, 1.807) is 17.0 Å². The predicted molar refractivity (Wildman–Crippen MR) is 118 cm³/mol. The molecule has 1 saturated carbocycles. The van der Waals surface area contributed by atoms with E-state index in [-0.39, 0.29) is 35.9 Å². The van der Waals surface area contributed by atoms with E-state index in [9.17, 15) is 14.4 Å². The molecule has 1 unspecified atom stereocenters. The van der Waals surface area contributed by atoms with Crippen molar-refractivity contribution in [2.24, 2.45) is 0 Å². The number of imide groups is 1. The average molecular weight is 423 g/mol. The SMILES string of the molecule is CC(C)c1ccc(N2C(=O)CC(N(C(=O)c3ccco3)C3CCCCCC3)C2=O)cc1. The molecule has 0 N–H and O–H groups in total. The maximum atomic E-state index is 13.5. The predicted octanol–water partition coefficient (Wildman–Crippen LogP) is 4.90. The Balaban J connectivity index is 1.64. The summed E-state index contributed by atoms with van der Waals surface area (Å²) in [4.78, 5) is 42.6. The third-order valence-electron chi connectivity index (χ3n) is 6.46. The van der Waals surface area contributed by atoms with Crippen LogP contribution >= 0.6 is 0 Å². The highest BCUT2D eigenvalue weighted by molar-refractivity contribution is 6.23. The molecule has 3 amide bonds. The maximum absolute atomic E-state index is 13.5. The summed E-state index contributed by atoms with van der Waals surface area (Å²) in [6.07, 6.45) is 7.44. The molecule has 1 saturated heterocycles. The van der Waals surface area contributed by atoms with E-state index < -0.39 is 6.04 Å². The van der Waals surface area contributed by atoms with E-state index in [0.717, 1.165) is 44.1 Å². The molecular weight excluding hydrogens is 392 g/mol. The number of furan rings is 1. The summed E-state index contributed by atoms with van der Waals surface area (Å²) in [5.41, 5.74) is 1.71. The van der Waals surface area contributed by atoms with Crippen molar-refractivity contribution in [1.82, 2.24) is 4.90 Å². The number of hydrogen-bond donors (Lipinski definition) is 0. The van der Waals surface area contributed by atoms with Gasteiger partial charge in [0.2, 0.25) is 5.91 Å². The fourth-order valence-electron chi connectivity index (χ4n) is 4.74. The first kappa shape index (κ1) is 21.3. The van der Waals surface area contributed by atoms with Crippen LogP contribution in [0.3, 0.4) is 0 Å². The molecule has 2 fully saturated rings. The highest BCUT2D eigenvalue weighted by Gasteiger charge is 2.47. The molecule has 1 atom stereocenters. The van der Waals surface area contributed by atoms with Gasteiger partial charge in [-0.25, -0.2) is 4.90 Å². The van der Waals surface area contributed by atoms with Crippen molar-refractivity contribution in [3.63, 3.8) is 0 Å². The standard InChI is InChI=1S/C25H30N2O4/c1-17(2)18-11-13-20(14-12-18)27-23(28)16-21(24(27)29)26(19-8-5-3-4-6-9-19)25(30)22-10-7-15-31-22/h7,10-15,17,19,21H,3-6,8-9,16H2,1-2H3. The summed E-state index contributed by atoms with van der Waals surface area (Å²) in [5.74, 6) is -0.322. The first-order chi connectivity index (χ1) is 15.0. The van der Waals surface area contributed by atoms with Crippen LogP contribution in [0.15, 0.2) is 47.1 Å². The zero-order valence-corrected chi connectivity index (χ0v) is 18.3. The average Bonchev–Trinajstić information content (AvgIpc) is 3.30. The van der Waals surface area contributed by atoms with Crippen molar-refractivity contribution >= 4 is 23.4 Å². The molecule has 6 heteroatoms. The Kier molecular flexibility index (Phi) is 6.25.